The lowest BCUT2D eigenvalue weighted by molar-refractivity contribution is -0.176. The second-order valence-electron chi connectivity index (χ2n) is 6.96. The van der Waals surface area contributed by atoms with E-state index in [1.165, 1.54) is 7.11 Å². The van der Waals surface area contributed by atoms with E-state index >= 15 is 0 Å². The van der Waals surface area contributed by atoms with Crippen LogP contribution in [0.15, 0.2) is 41.2 Å². The van der Waals surface area contributed by atoms with E-state index in [0.29, 0.717) is 24.1 Å². The van der Waals surface area contributed by atoms with Crippen LogP contribution in [-0.4, -0.2) is 22.6 Å². The van der Waals surface area contributed by atoms with E-state index in [1.54, 1.807) is 4.57 Å². The first-order valence-electron chi connectivity index (χ1n) is 9.97. The third-order valence-corrected chi connectivity index (χ3v) is 5.73. The second-order valence-corrected chi connectivity index (χ2v) is 6.96. The topological polar surface area (TPSA) is 70.4 Å². The molecule has 0 bridgehead atoms. The van der Waals surface area contributed by atoms with Crippen molar-refractivity contribution in [2.75, 3.05) is 7.11 Å². The van der Waals surface area contributed by atoms with Crippen LogP contribution in [-0.2, 0) is 33.0 Å². The van der Waals surface area contributed by atoms with Gasteiger partial charge in [0.15, 0.2) is 5.60 Å². The molecule has 0 spiro atoms. The Bertz CT molecular complexity index is 1180. The van der Waals surface area contributed by atoms with Crippen LogP contribution in [0, 0.1) is 0 Å². The summed E-state index contributed by atoms with van der Waals surface area (Å²) in [6.45, 7) is 6.29. The van der Waals surface area contributed by atoms with Crippen molar-refractivity contribution in [2.45, 2.75) is 45.9 Å². The van der Waals surface area contributed by atoms with E-state index in [9.17, 15) is 9.59 Å². The van der Waals surface area contributed by atoms with Crippen molar-refractivity contribution < 1.29 is 14.3 Å². The van der Waals surface area contributed by atoms with E-state index in [1.807, 2.05) is 51.1 Å². The molecule has 4 heterocycles. The Labute approximate surface area is 169 Å². The van der Waals surface area contributed by atoms with Gasteiger partial charge in [0, 0.05) is 23.6 Å². The third-order valence-electron chi connectivity index (χ3n) is 5.73. The zero-order valence-electron chi connectivity index (χ0n) is 17.1. The smallest absolute Gasteiger partial charge is 0.343 e. The van der Waals surface area contributed by atoms with Crippen LogP contribution in [0.3, 0.4) is 0 Å². The standard InChI is InChI=1S/C21H18N2O4.C2H6/c1-3-21(26-2)15-9-17-18-13(8-12-6-4-5-7-16(12)22-18)10-23(17)19(24)14(15)11-27-20(21)25;1-2/h4-9H,3,10-11H2,1-2H3;1-2H3/t21-;/m0./s1. The molecule has 1 atom stereocenters. The van der Waals surface area contributed by atoms with Crippen molar-refractivity contribution in [1.82, 2.24) is 9.55 Å². The number of carbonyl (C=O) groups excluding carboxylic acids is 1. The molecule has 3 aromatic rings. The molecule has 2 aromatic heterocycles. The summed E-state index contributed by atoms with van der Waals surface area (Å²) in [5.74, 6) is -0.450. The number of methoxy groups -OCH3 is 1. The predicted molar refractivity (Wildman–Crippen MR) is 111 cm³/mol. The van der Waals surface area contributed by atoms with Crippen LogP contribution in [0.2, 0.25) is 0 Å². The molecule has 1 aromatic carbocycles. The van der Waals surface area contributed by atoms with Crippen molar-refractivity contribution in [1.29, 1.82) is 0 Å². The third kappa shape index (κ3) is 2.63. The lowest BCUT2D eigenvalue weighted by atomic mass is 9.85. The van der Waals surface area contributed by atoms with E-state index < -0.39 is 11.6 Å². The summed E-state index contributed by atoms with van der Waals surface area (Å²) in [4.78, 5) is 30.5. The molecule has 0 amide bonds. The molecule has 0 unspecified atom stereocenters. The molecule has 0 fully saturated rings. The molecule has 0 radical (unpaired) electrons. The first-order chi connectivity index (χ1) is 14.1. The fourth-order valence-corrected chi connectivity index (χ4v) is 4.25. The maximum absolute atomic E-state index is 13.2. The number of hydrogen-bond donors (Lipinski definition) is 0. The minimum Gasteiger partial charge on any atom is -0.458 e. The van der Waals surface area contributed by atoms with E-state index in [2.05, 4.69) is 6.07 Å². The highest BCUT2D eigenvalue weighted by atomic mass is 16.6. The molecule has 0 N–H and O–H groups in total. The van der Waals surface area contributed by atoms with Crippen LogP contribution in [0.5, 0.6) is 0 Å². The molecule has 0 saturated carbocycles. The quantitative estimate of drug-likeness (QED) is 0.486. The maximum Gasteiger partial charge on any atom is 0.343 e. The molecule has 0 saturated heterocycles. The van der Waals surface area contributed by atoms with Gasteiger partial charge in [-0.2, -0.15) is 0 Å². The highest BCUT2D eigenvalue weighted by Gasteiger charge is 2.47. The molecular formula is C23H24N2O4. The van der Waals surface area contributed by atoms with Gasteiger partial charge < -0.3 is 14.0 Å². The van der Waals surface area contributed by atoms with Crippen molar-refractivity contribution in [3.05, 3.63) is 63.4 Å². The number of ether oxygens (including phenoxy) is 2. The first kappa shape index (κ1) is 19.3. The molecule has 6 heteroatoms. The SMILES string of the molecule is CC.CC[C@@]1(OC)C(=O)OCc2c1cc1n(c2=O)Cc2cc3ccccc3nc2-1. The number of rotatable bonds is 2. The van der Waals surface area contributed by atoms with Gasteiger partial charge in [-0.3, -0.25) is 4.79 Å². The Balaban J connectivity index is 0.000000994. The van der Waals surface area contributed by atoms with Gasteiger partial charge in [-0.15, -0.1) is 0 Å². The van der Waals surface area contributed by atoms with Gasteiger partial charge in [0.25, 0.3) is 5.56 Å². The Kier molecular flexibility index (Phi) is 4.74. The number of aromatic nitrogens is 2. The van der Waals surface area contributed by atoms with Crippen molar-refractivity contribution >= 4 is 16.9 Å². The molecule has 0 aliphatic carbocycles. The number of esters is 1. The number of para-hydroxylation sites is 1. The largest absolute Gasteiger partial charge is 0.458 e. The molecule has 150 valence electrons. The van der Waals surface area contributed by atoms with Gasteiger partial charge in [-0.05, 0) is 24.6 Å². The second kappa shape index (κ2) is 7.12. The van der Waals surface area contributed by atoms with E-state index in [4.69, 9.17) is 14.5 Å². The van der Waals surface area contributed by atoms with Crippen molar-refractivity contribution in [2.24, 2.45) is 0 Å². The number of fused-ring (bicyclic) bond motifs is 5. The zero-order valence-corrected chi connectivity index (χ0v) is 17.1. The fraction of sp³-hybridized carbons (Fsp3) is 0.348. The molecule has 29 heavy (non-hydrogen) atoms. The molecule has 5 rings (SSSR count). The van der Waals surface area contributed by atoms with Crippen LogP contribution < -0.4 is 5.56 Å². The van der Waals surface area contributed by atoms with Gasteiger partial charge in [-0.25, -0.2) is 9.78 Å². The number of carbonyl (C=O) groups is 1. The Morgan fingerprint density at radius 3 is 2.69 bits per heavy atom. The summed E-state index contributed by atoms with van der Waals surface area (Å²) < 4.78 is 12.6. The molecule has 2 aliphatic heterocycles. The predicted octanol–water partition coefficient (Wildman–Crippen LogP) is 3.76. The Morgan fingerprint density at radius 1 is 1.21 bits per heavy atom. The number of pyridine rings is 2. The van der Waals surface area contributed by atoms with E-state index in [-0.39, 0.29) is 12.2 Å². The van der Waals surface area contributed by atoms with E-state index in [0.717, 1.165) is 27.9 Å². The monoisotopic (exact) mass is 392 g/mol. The van der Waals surface area contributed by atoms with Crippen molar-refractivity contribution in [3.63, 3.8) is 0 Å². The summed E-state index contributed by atoms with van der Waals surface area (Å²) in [7, 11) is 1.48. The first-order valence-corrected chi connectivity index (χ1v) is 9.97. The van der Waals surface area contributed by atoms with Crippen LogP contribution >= 0.6 is 0 Å². The average Bonchev–Trinajstić information content (AvgIpc) is 3.12. The van der Waals surface area contributed by atoms with Crippen LogP contribution in [0.4, 0.5) is 0 Å². The number of hydrogen-bond acceptors (Lipinski definition) is 5. The normalized spacial score (nSPS) is 19.0. The number of nitrogens with zero attached hydrogens (tertiary/aromatic N) is 2. The molecule has 6 nitrogen and oxygen atoms in total. The zero-order chi connectivity index (χ0) is 20.8. The van der Waals surface area contributed by atoms with Crippen LogP contribution in [0.25, 0.3) is 22.3 Å². The summed E-state index contributed by atoms with van der Waals surface area (Å²) in [5.41, 5.74) is 3.08. The number of benzene rings is 1. The van der Waals surface area contributed by atoms with Gasteiger partial charge in [0.1, 0.15) is 6.61 Å². The minimum atomic E-state index is -1.25. The van der Waals surface area contributed by atoms with Gasteiger partial charge in [0.2, 0.25) is 0 Å². The van der Waals surface area contributed by atoms with Crippen molar-refractivity contribution in [3.8, 4) is 11.4 Å². The molecule has 2 aliphatic rings. The fourth-order valence-electron chi connectivity index (χ4n) is 4.25. The van der Waals surface area contributed by atoms with Gasteiger partial charge in [0.05, 0.1) is 29.0 Å². The highest BCUT2D eigenvalue weighted by molar-refractivity contribution is 5.86. The summed E-state index contributed by atoms with van der Waals surface area (Å²) >= 11 is 0. The average molecular weight is 392 g/mol. The summed E-state index contributed by atoms with van der Waals surface area (Å²) in [6, 6.07) is 11.8. The summed E-state index contributed by atoms with van der Waals surface area (Å²) in [5, 5.41) is 1.04. The molecular weight excluding hydrogens is 368 g/mol. The lowest BCUT2D eigenvalue weighted by Gasteiger charge is -2.34. The summed E-state index contributed by atoms with van der Waals surface area (Å²) in [6.07, 6.45) is 0.385. The van der Waals surface area contributed by atoms with Crippen LogP contribution in [0.1, 0.15) is 43.9 Å². The number of cyclic esters (lactones) is 1. The Morgan fingerprint density at radius 2 is 1.97 bits per heavy atom. The highest BCUT2D eigenvalue weighted by Crippen LogP contribution is 2.40. The lowest BCUT2D eigenvalue weighted by Crippen LogP contribution is -2.45. The minimum absolute atomic E-state index is 0.0237. The van der Waals surface area contributed by atoms with Gasteiger partial charge in [-0.1, -0.05) is 39.0 Å². The Hall–Kier alpha value is -2.99. The van der Waals surface area contributed by atoms with Gasteiger partial charge >= 0.3 is 5.97 Å². The maximum atomic E-state index is 13.2.